The van der Waals surface area contributed by atoms with E-state index in [9.17, 15) is 9.18 Å². The number of phenols is 1. The summed E-state index contributed by atoms with van der Waals surface area (Å²) >= 11 is 0. The van der Waals surface area contributed by atoms with E-state index in [0.29, 0.717) is 0 Å². The molecule has 0 bridgehead atoms. The normalized spacial score (nSPS) is 9.69. The van der Waals surface area contributed by atoms with Crippen LogP contribution in [0.1, 0.15) is 5.56 Å². The molecule has 0 heterocycles. The Balaban J connectivity index is 2.87. The molecule has 0 saturated heterocycles. The lowest BCUT2D eigenvalue weighted by Gasteiger charge is -2.02. The Morgan fingerprint density at radius 1 is 1.62 bits per heavy atom. The monoisotopic (exact) mass is 183 g/mol. The van der Waals surface area contributed by atoms with Gasteiger partial charge in [0.1, 0.15) is 11.6 Å². The van der Waals surface area contributed by atoms with Crippen LogP contribution in [0.5, 0.6) is 5.75 Å². The average molecular weight is 183 g/mol. The fraction of sp³-hybridized carbons (Fsp3) is 0.222. The minimum absolute atomic E-state index is 0.0414. The van der Waals surface area contributed by atoms with E-state index in [2.05, 4.69) is 5.32 Å². The van der Waals surface area contributed by atoms with Crippen LogP contribution in [0.2, 0.25) is 0 Å². The van der Waals surface area contributed by atoms with Crippen LogP contribution >= 0.6 is 0 Å². The van der Waals surface area contributed by atoms with E-state index in [1.165, 1.54) is 19.2 Å². The summed E-state index contributed by atoms with van der Waals surface area (Å²) in [5.41, 5.74) is 0.194. The smallest absolute Gasteiger partial charge is 0.224 e. The van der Waals surface area contributed by atoms with Crippen LogP contribution in [0.3, 0.4) is 0 Å². The van der Waals surface area contributed by atoms with E-state index >= 15 is 0 Å². The number of carbonyl (C=O) groups excluding carboxylic acids is 1. The molecule has 0 saturated carbocycles. The van der Waals surface area contributed by atoms with Gasteiger partial charge in [-0.3, -0.25) is 4.79 Å². The van der Waals surface area contributed by atoms with E-state index in [0.717, 1.165) is 6.07 Å². The Labute approximate surface area is 75.2 Å². The molecule has 1 aromatic carbocycles. The van der Waals surface area contributed by atoms with Gasteiger partial charge in [-0.25, -0.2) is 4.39 Å². The van der Waals surface area contributed by atoms with Crippen molar-refractivity contribution in [2.45, 2.75) is 6.42 Å². The Hall–Kier alpha value is -1.58. The molecule has 3 nitrogen and oxygen atoms in total. The summed E-state index contributed by atoms with van der Waals surface area (Å²) in [4.78, 5) is 10.9. The maximum atomic E-state index is 13.0. The van der Waals surface area contributed by atoms with E-state index < -0.39 is 5.82 Å². The maximum Gasteiger partial charge on any atom is 0.224 e. The molecule has 0 aliphatic rings. The summed E-state index contributed by atoms with van der Waals surface area (Å²) in [6, 6.07) is 3.61. The summed E-state index contributed by atoms with van der Waals surface area (Å²) in [5.74, 6) is -0.814. The second kappa shape index (κ2) is 3.89. The predicted octanol–water partition coefficient (Wildman–Crippen LogP) is 0.820. The minimum Gasteiger partial charge on any atom is -0.508 e. The number of carbonyl (C=O) groups is 1. The predicted molar refractivity (Wildman–Crippen MR) is 45.8 cm³/mol. The van der Waals surface area contributed by atoms with Gasteiger partial charge in [0.25, 0.3) is 0 Å². The van der Waals surface area contributed by atoms with Crippen LogP contribution in [-0.2, 0) is 11.2 Å². The molecule has 13 heavy (non-hydrogen) atoms. The molecule has 1 amide bonds. The molecule has 1 aromatic rings. The second-order valence-corrected chi connectivity index (χ2v) is 2.63. The number of benzene rings is 1. The number of amides is 1. The highest BCUT2D eigenvalue weighted by molar-refractivity contribution is 5.78. The quantitative estimate of drug-likeness (QED) is 0.713. The van der Waals surface area contributed by atoms with Gasteiger partial charge < -0.3 is 10.4 Å². The topological polar surface area (TPSA) is 49.3 Å². The highest BCUT2D eigenvalue weighted by Gasteiger charge is 2.07. The van der Waals surface area contributed by atoms with Crippen molar-refractivity contribution < 1.29 is 14.3 Å². The van der Waals surface area contributed by atoms with Crippen molar-refractivity contribution in [1.29, 1.82) is 0 Å². The van der Waals surface area contributed by atoms with Gasteiger partial charge in [0.2, 0.25) is 5.91 Å². The first-order valence-electron chi connectivity index (χ1n) is 3.81. The first kappa shape index (κ1) is 9.51. The summed E-state index contributed by atoms with van der Waals surface area (Å²) in [6.45, 7) is 0. The van der Waals surface area contributed by atoms with Gasteiger partial charge in [-0.2, -0.15) is 0 Å². The molecule has 2 N–H and O–H groups in total. The van der Waals surface area contributed by atoms with E-state index in [4.69, 9.17) is 5.11 Å². The molecule has 0 atom stereocenters. The number of nitrogens with one attached hydrogen (secondary N) is 1. The van der Waals surface area contributed by atoms with E-state index in [1.54, 1.807) is 0 Å². The van der Waals surface area contributed by atoms with E-state index in [1.807, 2.05) is 0 Å². The molecule has 0 aliphatic heterocycles. The second-order valence-electron chi connectivity index (χ2n) is 2.63. The third-order valence-corrected chi connectivity index (χ3v) is 1.66. The molecule has 0 aromatic heterocycles. The largest absolute Gasteiger partial charge is 0.508 e. The molecule has 0 radical (unpaired) electrons. The van der Waals surface area contributed by atoms with Gasteiger partial charge in [0.05, 0.1) is 6.42 Å². The van der Waals surface area contributed by atoms with Crippen molar-refractivity contribution in [2.75, 3.05) is 7.05 Å². The van der Waals surface area contributed by atoms with Gasteiger partial charge >= 0.3 is 0 Å². The summed E-state index contributed by atoms with van der Waals surface area (Å²) in [6.07, 6.45) is -0.0588. The van der Waals surface area contributed by atoms with Gasteiger partial charge in [-0.05, 0) is 18.2 Å². The van der Waals surface area contributed by atoms with Crippen molar-refractivity contribution in [1.82, 2.24) is 5.32 Å². The zero-order valence-electron chi connectivity index (χ0n) is 7.17. The zero-order chi connectivity index (χ0) is 9.84. The fourth-order valence-corrected chi connectivity index (χ4v) is 0.958. The van der Waals surface area contributed by atoms with E-state index in [-0.39, 0.29) is 23.6 Å². The zero-order valence-corrected chi connectivity index (χ0v) is 7.17. The number of likely N-dealkylation sites (N-methyl/N-ethyl adjacent to an activating group) is 1. The summed E-state index contributed by atoms with van der Waals surface area (Å²) in [5, 5.41) is 11.4. The third kappa shape index (κ3) is 2.43. The first-order chi connectivity index (χ1) is 6.13. The average Bonchev–Trinajstić information content (AvgIpc) is 2.11. The molecule has 0 unspecified atom stereocenters. The summed E-state index contributed by atoms with van der Waals surface area (Å²) < 4.78 is 13.0. The molecular weight excluding hydrogens is 173 g/mol. The van der Waals surface area contributed by atoms with Gasteiger partial charge in [0, 0.05) is 12.6 Å². The molecule has 0 fully saturated rings. The van der Waals surface area contributed by atoms with Crippen LogP contribution in [0, 0.1) is 5.82 Å². The van der Waals surface area contributed by atoms with Gasteiger partial charge in [0.15, 0.2) is 0 Å². The highest BCUT2D eigenvalue weighted by atomic mass is 19.1. The Bertz CT molecular complexity index is 325. The van der Waals surface area contributed by atoms with Gasteiger partial charge in [-0.1, -0.05) is 0 Å². The molecule has 4 heteroatoms. The van der Waals surface area contributed by atoms with Crippen molar-refractivity contribution in [2.24, 2.45) is 0 Å². The lowest BCUT2D eigenvalue weighted by molar-refractivity contribution is -0.120. The van der Waals surface area contributed by atoms with Crippen molar-refractivity contribution in [3.05, 3.63) is 29.6 Å². The molecular formula is C9H10FNO2. The highest BCUT2D eigenvalue weighted by Crippen LogP contribution is 2.15. The first-order valence-corrected chi connectivity index (χ1v) is 3.81. The lowest BCUT2D eigenvalue weighted by atomic mass is 10.1. The number of halogens is 1. The van der Waals surface area contributed by atoms with Crippen LogP contribution in [0.4, 0.5) is 4.39 Å². The van der Waals surface area contributed by atoms with Crippen LogP contribution < -0.4 is 5.32 Å². The lowest BCUT2D eigenvalue weighted by Crippen LogP contribution is -2.20. The number of hydrogen-bond donors (Lipinski definition) is 2. The SMILES string of the molecule is CNC(=O)Cc1cc(O)ccc1F. The number of aromatic hydroxyl groups is 1. The van der Waals surface area contributed by atoms with Crippen molar-refractivity contribution >= 4 is 5.91 Å². The molecule has 70 valence electrons. The number of phenolic OH excluding ortho intramolecular Hbond substituents is 1. The summed E-state index contributed by atoms with van der Waals surface area (Å²) in [7, 11) is 1.48. The molecule has 1 rings (SSSR count). The standard InChI is InChI=1S/C9H10FNO2/c1-11-9(13)5-6-4-7(12)2-3-8(6)10/h2-4,12H,5H2,1H3,(H,11,13). The van der Waals surface area contributed by atoms with Crippen LogP contribution in [0.15, 0.2) is 18.2 Å². The Morgan fingerprint density at radius 2 is 2.31 bits per heavy atom. The fourth-order valence-electron chi connectivity index (χ4n) is 0.958. The Kier molecular flexibility index (Phi) is 2.84. The number of rotatable bonds is 2. The van der Waals surface area contributed by atoms with Crippen molar-refractivity contribution in [3.8, 4) is 5.75 Å². The minimum atomic E-state index is -0.485. The number of hydrogen-bond acceptors (Lipinski definition) is 2. The van der Waals surface area contributed by atoms with Crippen molar-refractivity contribution in [3.63, 3.8) is 0 Å². The maximum absolute atomic E-state index is 13.0. The third-order valence-electron chi connectivity index (χ3n) is 1.66. The Morgan fingerprint density at radius 3 is 2.92 bits per heavy atom. The van der Waals surface area contributed by atoms with Crippen LogP contribution in [-0.4, -0.2) is 18.1 Å². The van der Waals surface area contributed by atoms with Crippen LogP contribution in [0.25, 0.3) is 0 Å². The molecule has 0 spiro atoms. The molecule has 0 aliphatic carbocycles. The van der Waals surface area contributed by atoms with Gasteiger partial charge in [-0.15, -0.1) is 0 Å².